The Labute approximate surface area is 175 Å². The highest BCUT2D eigenvalue weighted by Gasteiger charge is 2.40. The molecule has 0 aliphatic carbocycles. The third-order valence-electron chi connectivity index (χ3n) is 4.82. The van der Waals surface area contributed by atoms with Gasteiger partial charge in [-0.3, -0.25) is 9.59 Å². The molecule has 0 unspecified atom stereocenters. The molecular formula is C23H25NO4S. The molecule has 1 aliphatic rings. The maximum Gasteiger partial charge on any atom is 0.272 e. The smallest absolute Gasteiger partial charge is 0.272 e. The topological polar surface area (TPSA) is 55.8 Å². The molecule has 2 aromatic rings. The molecule has 1 aliphatic heterocycles. The van der Waals surface area contributed by atoms with Gasteiger partial charge < -0.3 is 9.47 Å². The molecule has 6 heteroatoms. The number of carbonyl (C=O) groups excluding carboxylic acids is 2. The second kappa shape index (κ2) is 8.74. The average molecular weight is 412 g/mol. The zero-order valence-electron chi connectivity index (χ0n) is 17.3. The van der Waals surface area contributed by atoms with E-state index in [1.54, 1.807) is 32.4 Å². The first kappa shape index (κ1) is 21.0. The van der Waals surface area contributed by atoms with E-state index < -0.39 is 0 Å². The van der Waals surface area contributed by atoms with E-state index in [0.717, 1.165) is 5.56 Å². The molecule has 0 N–H and O–H groups in total. The third-order valence-corrected chi connectivity index (χ3v) is 5.78. The van der Waals surface area contributed by atoms with Gasteiger partial charge in [0, 0.05) is 0 Å². The molecule has 0 saturated carbocycles. The Balaban J connectivity index is 2.06. The minimum absolute atomic E-state index is 0.288. The standard InChI is InChI=1S/C23H25NO4S/c1-6-29-21-20(16-9-12-18(27-4)19(13-16)28-5)22(25)24(23(21)26)17-10-7-15(8-11-17)14(2)3/h7-14H,6H2,1-5H3. The van der Waals surface area contributed by atoms with Crippen molar-refractivity contribution in [3.63, 3.8) is 0 Å². The lowest BCUT2D eigenvalue weighted by atomic mass is 10.0. The summed E-state index contributed by atoms with van der Waals surface area (Å²) < 4.78 is 10.7. The first-order valence-corrected chi connectivity index (χ1v) is 10.5. The fourth-order valence-corrected chi connectivity index (χ4v) is 4.13. The van der Waals surface area contributed by atoms with Crippen molar-refractivity contribution in [3.05, 3.63) is 58.5 Å². The van der Waals surface area contributed by atoms with E-state index >= 15 is 0 Å². The summed E-state index contributed by atoms with van der Waals surface area (Å²) >= 11 is 1.38. The van der Waals surface area contributed by atoms with Gasteiger partial charge in [-0.05, 0) is 47.1 Å². The van der Waals surface area contributed by atoms with Gasteiger partial charge in [0.25, 0.3) is 11.8 Å². The summed E-state index contributed by atoms with van der Waals surface area (Å²) in [4.78, 5) is 28.2. The van der Waals surface area contributed by atoms with Gasteiger partial charge in [0.1, 0.15) is 0 Å². The molecule has 152 valence electrons. The highest BCUT2D eigenvalue weighted by molar-refractivity contribution is 8.04. The van der Waals surface area contributed by atoms with E-state index in [1.165, 1.54) is 16.7 Å². The van der Waals surface area contributed by atoms with Crippen molar-refractivity contribution in [1.82, 2.24) is 0 Å². The van der Waals surface area contributed by atoms with Gasteiger partial charge in [-0.15, -0.1) is 11.8 Å². The molecule has 0 radical (unpaired) electrons. The Morgan fingerprint density at radius 1 is 0.931 bits per heavy atom. The predicted octanol–water partition coefficient (Wildman–Crippen LogP) is 4.86. The van der Waals surface area contributed by atoms with Crippen LogP contribution in [0.25, 0.3) is 5.57 Å². The quantitative estimate of drug-likeness (QED) is 0.609. The van der Waals surface area contributed by atoms with Gasteiger partial charge in [-0.1, -0.05) is 39.0 Å². The lowest BCUT2D eigenvalue weighted by Gasteiger charge is -2.16. The number of carbonyl (C=O) groups is 2. The van der Waals surface area contributed by atoms with Crippen LogP contribution in [-0.4, -0.2) is 31.8 Å². The van der Waals surface area contributed by atoms with Crippen LogP contribution >= 0.6 is 11.8 Å². The van der Waals surface area contributed by atoms with Gasteiger partial charge in [-0.2, -0.15) is 0 Å². The molecule has 3 rings (SSSR count). The molecule has 29 heavy (non-hydrogen) atoms. The number of thioether (sulfide) groups is 1. The molecule has 0 fully saturated rings. The summed E-state index contributed by atoms with van der Waals surface area (Å²) in [5.74, 6) is 1.53. The van der Waals surface area contributed by atoms with E-state index in [-0.39, 0.29) is 11.8 Å². The number of anilines is 1. The highest BCUT2D eigenvalue weighted by Crippen LogP contribution is 2.40. The number of nitrogens with zero attached hydrogens (tertiary/aromatic N) is 1. The zero-order valence-corrected chi connectivity index (χ0v) is 18.1. The number of imide groups is 1. The van der Waals surface area contributed by atoms with Crippen LogP contribution in [0.4, 0.5) is 5.69 Å². The van der Waals surface area contributed by atoms with Crippen LogP contribution in [0.1, 0.15) is 37.8 Å². The fourth-order valence-electron chi connectivity index (χ4n) is 3.28. The van der Waals surface area contributed by atoms with Crippen molar-refractivity contribution in [2.45, 2.75) is 26.7 Å². The van der Waals surface area contributed by atoms with E-state index in [1.807, 2.05) is 31.2 Å². The van der Waals surface area contributed by atoms with Crippen molar-refractivity contribution >= 4 is 34.8 Å². The van der Waals surface area contributed by atoms with E-state index in [9.17, 15) is 9.59 Å². The van der Waals surface area contributed by atoms with Crippen molar-refractivity contribution < 1.29 is 19.1 Å². The third kappa shape index (κ3) is 3.90. The van der Waals surface area contributed by atoms with Crippen LogP contribution in [0.3, 0.4) is 0 Å². The van der Waals surface area contributed by atoms with Crippen LogP contribution in [0, 0.1) is 0 Å². The summed E-state index contributed by atoms with van der Waals surface area (Å²) in [6.45, 7) is 6.17. The Morgan fingerprint density at radius 3 is 2.14 bits per heavy atom. The van der Waals surface area contributed by atoms with Crippen LogP contribution in [0.15, 0.2) is 47.4 Å². The molecule has 0 bridgehead atoms. The number of ether oxygens (including phenoxy) is 2. The van der Waals surface area contributed by atoms with E-state index in [0.29, 0.717) is 44.9 Å². The Hall–Kier alpha value is -2.73. The zero-order chi connectivity index (χ0) is 21.1. The molecular weight excluding hydrogens is 386 g/mol. The molecule has 0 atom stereocenters. The van der Waals surface area contributed by atoms with E-state index in [2.05, 4.69) is 13.8 Å². The Morgan fingerprint density at radius 2 is 1.59 bits per heavy atom. The average Bonchev–Trinajstić information content (AvgIpc) is 2.97. The van der Waals surface area contributed by atoms with Crippen molar-refractivity contribution in [1.29, 1.82) is 0 Å². The summed E-state index contributed by atoms with van der Waals surface area (Å²) in [6.07, 6.45) is 0. The van der Waals surface area contributed by atoms with E-state index in [4.69, 9.17) is 9.47 Å². The summed E-state index contributed by atoms with van der Waals surface area (Å²) in [5.41, 5.74) is 2.77. The molecule has 1 heterocycles. The first-order chi connectivity index (χ1) is 13.9. The molecule has 2 aromatic carbocycles. The monoisotopic (exact) mass is 411 g/mol. The SMILES string of the molecule is CCSC1=C(c2ccc(OC)c(OC)c2)C(=O)N(c2ccc(C(C)C)cc2)C1=O. The normalized spacial score (nSPS) is 14.2. The number of hydrogen-bond acceptors (Lipinski definition) is 5. The maximum absolute atomic E-state index is 13.3. The largest absolute Gasteiger partial charge is 0.493 e. The fraction of sp³-hybridized carbons (Fsp3) is 0.304. The van der Waals surface area contributed by atoms with Gasteiger partial charge in [0.15, 0.2) is 11.5 Å². The summed E-state index contributed by atoms with van der Waals surface area (Å²) in [5, 5.41) is 0. The van der Waals surface area contributed by atoms with Crippen molar-refractivity contribution in [2.75, 3.05) is 24.9 Å². The van der Waals surface area contributed by atoms with Gasteiger partial charge in [-0.25, -0.2) is 4.90 Å². The number of hydrogen-bond donors (Lipinski definition) is 0. The van der Waals surface area contributed by atoms with Gasteiger partial charge in [0.2, 0.25) is 0 Å². The van der Waals surface area contributed by atoms with Gasteiger partial charge in [0.05, 0.1) is 30.4 Å². The minimum Gasteiger partial charge on any atom is -0.493 e. The van der Waals surface area contributed by atoms with Crippen LogP contribution in [-0.2, 0) is 9.59 Å². The molecule has 0 spiro atoms. The first-order valence-electron chi connectivity index (χ1n) is 9.51. The number of rotatable bonds is 7. The van der Waals surface area contributed by atoms with Gasteiger partial charge >= 0.3 is 0 Å². The number of methoxy groups -OCH3 is 2. The lowest BCUT2D eigenvalue weighted by Crippen LogP contribution is -2.31. The van der Waals surface area contributed by atoms with Crippen LogP contribution in [0.5, 0.6) is 11.5 Å². The minimum atomic E-state index is -0.324. The number of benzene rings is 2. The maximum atomic E-state index is 13.3. The number of amides is 2. The predicted molar refractivity (Wildman–Crippen MR) is 118 cm³/mol. The van der Waals surface area contributed by atoms with Crippen molar-refractivity contribution in [3.8, 4) is 11.5 Å². The summed E-state index contributed by atoms with van der Waals surface area (Å²) in [7, 11) is 3.10. The molecule has 5 nitrogen and oxygen atoms in total. The van der Waals surface area contributed by atoms with Crippen LogP contribution in [0.2, 0.25) is 0 Å². The second-order valence-corrected chi connectivity index (χ2v) is 8.17. The van der Waals surface area contributed by atoms with Crippen LogP contribution < -0.4 is 14.4 Å². The molecule has 0 saturated heterocycles. The Bertz CT molecular complexity index is 963. The highest BCUT2D eigenvalue weighted by atomic mass is 32.2. The van der Waals surface area contributed by atoms with Crippen molar-refractivity contribution in [2.24, 2.45) is 0 Å². The molecule has 2 amide bonds. The molecule has 0 aromatic heterocycles. The Kier molecular flexibility index (Phi) is 6.33. The second-order valence-electron chi connectivity index (χ2n) is 6.90. The lowest BCUT2D eigenvalue weighted by molar-refractivity contribution is -0.119. The summed E-state index contributed by atoms with van der Waals surface area (Å²) in [6, 6.07) is 12.8.